The fraction of sp³-hybridized carbons (Fsp3) is 0.455. The van der Waals surface area contributed by atoms with Crippen LogP contribution < -0.4 is 4.74 Å². The van der Waals surface area contributed by atoms with Crippen molar-refractivity contribution in [2.75, 3.05) is 7.11 Å². The Morgan fingerprint density at radius 3 is 2.78 bits per heavy atom. The molecule has 1 aliphatic rings. The van der Waals surface area contributed by atoms with Gasteiger partial charge in [-0.25, -0.2) is 0 Å². The van der Waals surface area contributed by atoms with E-state index in [1.165, 1.54) is 6.07 Å². The molecule has 3 atom stereocenters. The molecule has 0 aromatic heterocycles. The number of nitro groups is 1. The first kappa shape index (κ1) is 13.8. The molecule has 1 saturated carbocycles. The van der Waals surface area contributed by atoms with Gasteiger partial charge in [-0.15, -0.1) is 0 Å². The molecule has 3 unspecified atom stereocenters. The monoisotopic (exact) mass is 379 g/mol. The minimum Gasteiger partial charge on any atom is -0.481 e. The Morgan fingerprint density at radius 2 is 2.22 bits per heavy atom. The molecular weight excluding hydrogens is 370 g/mol. The Kier molecular flexibility index (Phi) is 4.24. The largest absolute Gasteiger partial charge is 0.481 e. The average Bonchev–Trinajstić information content (AvgIpc) is 2.30. The summed E-state index contributed by atoms with van der Waals surface area (Å²) in [6, 6.07) is 4.74. The normalized spacial score (nSPS) is 26.5. The van der Waals surface area contributed by atoms with Crippen LogP contribution in [0.3, 0.4) is 0 Å². The van der Waals surface area contributed by atoms with E-state index in [-0.39, 0.29) is 28.5 Å². The summed E-state index contributed by atoms with van der Waals surface area (Å²) in [5, 5.41) is 10.9. The van der Waals surface area contributed by atoms with Crippen molar-refractivity contribution >= 4 is 37.5 Å². The topological polar surface area (TPSA) is 61.6 Å². The SMILES string of the molecule is COC1C(Br)CC1Oc1ccc(Br)cc1[N+](=O)[O-]. The van der Waals surface area contributed by atoms with Crippen molar-refractivity contribution in [3.63, 3.8) is 0 Å². The lowest BCUT2D eigenvalue weighted by molar-refractivity contribution is -0.386. The number of hydrogen-bond acceptors (Lipinski definition) is 4. The summed E-state index contributed by atoms with van der Waals surface area (Å²) >= 11 is 6.66. The lowest BCUT2D eigenvalue weighted by atomic mass is 9.91. The quantitative estimate of drug-likeness (QED) is 0.456. The molecule has 0 spiro atoms. The molecule has 0 heterocycles. The van der Waals surface area contributed by atoms with Crippen LogP contribution in [0.1, 0.15) is 6.42 Å². The molecule has 1 aliphatic carbocycles. The summed E-state index contributed by atoms with van der Waals surface area (Å²) in [5.41, 5.74) is -0.0442. The molecule has 0 bridgehead atoms. The van der Waals surface area contributed by atoms with Crippen molar-refractivity contribution in [3.05, 3.63) is 32.8 Å². The molecule has 0 N–H and O–H groups in total. The highest BCUT2D eigenvalue weighted by Crippen LogP contribution is 2.37. The number of hydrogen-bond donors (Lipinski definition) is 0. The fourth-order valence-corrected chi connectivity index (χ4v) is 3.11. The number of halogens is 2. The third-order valence-corrected chi connectivity index (χ3v) is 4.24. The van der Waals surface area contributed by atoms with E-state index >= 15 is 0 Å². The Labute approximate surface area is 121 Å². The van der Waals surface area contributed by atoms with Crippen LogP contribution >= 0.6 is 31.9 Å². The van der Waals surface area contributed by atoms with Gasteiger partial charge >= 0.3 is 5.69 Å². The second-order valence-electron chi connectivity index (χ2n) is 3.98. The summed E-state index contributed by atoms with van der Waals surface area (Å²) < 4.78 is 11.6. The van der Waals surface area contributed by atoms with Gasteiger partial charge < -0.3 is 9.47 Å². The maximum absolute atomic E-state index is 10.9. The number of methoxy groups -OCH3 is 1. The molecule has 1 aromatic carbocycles. The molecule has 0 aliphatic heterocycles. The third kappa shape index (κ3) is 2.67. The van der Waals surface area contributed by atoms with E-state index in [1.807, 2.05) is 0 Å². The average molecular weight is 381 g/mol. The predicted molar refractivity (Wildman–Crippen MR) is 73.3 cm³/mol. The van der Waals surface area contributed by atoms with E-state index < -0.39 is 4.92 Å². The molecule has 5 nitrogen and oxygen atoms in total. The van der Waals surface area contributed by atoms with Gasteiger partial charge in [0.1, 0.15) is 12.2 Å². The van der Waals surface area contributed by atoms with Gasteiger partial charge in [-0.3, -0.25) is 10.1 Å². The summed E-state index contributed by atoms with van der Waals surface area (Å²) in [4.78, 5) is 10.7. The van der Waals surface area contributed by atoms with Crippen molar-refractivity contribution in [2.45, 2.75) is 23.5 Å². The Morgan fingerprint density at radius 1 is 1.50 bits per heavy atom. The van der Waals surface area contributed by atoms with Crippen LogP contribution in [0.4, 0.5) is 5.69 Å². The van der Waals surface area contributed by atoms with Gasteiger partial charge in [0.25, 0.3) is 0 Å². The predicted octanol–water partition coefficient (Wildman–Crippen LogP) is 3.29. The molecule has 98 valence electrons. The van der Waals surface area contributed by atoms with Gasteiger partial charge in [0.05, 0.1) is 4.92 Å². The first-order chi connectivity index (χ1) is 8.52. The minimum atomic E-state index is -0.452. The van der Waals surface area contributed by atoms with E-state index in [2.05, 4.69) is 31.9 Å². The van der Waals surface area contributed by atoms with Crippen molar-refractivity contribution < 1.29 is 14.4 Å². The van der Waals surface area contributed by atoms with Crippen LogP contribution in [0.5, 0.6) is 5.75 Å². The van der Waals surface area contributed by atoms with Crippen molar-refractivity contribution in [3.8, 4) is 5.75 Å². The Bertz CT molecular complexity index is 468. The van der Waals surface area contributed by atoms with Crippen molar-refractivity contribution in [2.24, 2.45) is 0 Å². The van der Waals surface area contributed by atoms with Crippen LogP contribution in [0.2, 0.25) is 0 Å². The van der Waals surface area contributed by atoms with Gasteiger partial charge in [-0.1, -0.05) is 31.9 Å². The van der Waals surface area contributed by atoms with E-state index in [1.54, 1.807) is 19.2 Å². The summed E-state index contributed by atoms with van der Waals surface area (Å²) in [6.45, 7) is 0. The number of alkyl halides is 1. The van der Waals surface area contributed by atoms with Crippen LogP contribution in [0.25, 0.3) is 0 Å². The van der Waals surface area contributed by atoms with E-state index in [4.69, 9.17) is 9.47 Å². The number of nitrogens with zero attached hydrogens (tertiary/aromatic N) is 1. The van der Waals surface area contributed by atoms with Gasteiger partial charge in [0.2, 0.25) is 0 Å². The van der Waals surface area contributed by atoms with E-state index in [0.717, 1.165) is 6.42 Å². The molecule has 7 heteroatoms. The molecule has 0 radical (unpaired) electrons. The zero-order valence-electron chi connectivity index (χ0n) is 9.51. The second kappa shape index (κ2) is 5.54. The molecule has 2 rings (SSSR count). The molecule has 0 saturated heterocycles. The number of rotatable bonds is 4. The summed E-state index contributed by atoms with van der Waals surface area (Å²) in [7, 11) is 1.60. The van der Waals surface area contributed by atoms with Crippen LogP contribution in [-0.2, 0) is 4.74 Å². The number of ether oxygens (including phenoxy) is 2. The smallest absolute Gasteiger partial charge is 0.312 e. The second-order valence-corrected chi connectivity index (χ2v) is 6.07. The van der Waals surface area contributed by atoms with Gasteiger partial charge in [0, 0.05) is 28.9 Å². The third-order valence-electron chi connectivity index (χ3n) is 2.85. The van der Waals surface area contributed by atoms with Gasteiger partial charge in [0.15, 0.2) is 5.75 Å². The Hall–Kier alpha value is -0.660. The minimum absolute atomic E-state index is 0.0442. The molecule has 0 amide bonds. The van der Waals surface area contributed by atoms with E-state index in [0.29, 0.717) is 4.47 Å². The van der Waals surface area contributed by atoms with Crippen LogP contribution in [-0.4, -0.2) is 29.1 Å². The van der Waals surface area contributed by atoms with Crippen molar-refractivity contribution in [1.82, 2.24) is 0 Å². The Balaban J connectivity index is 2.17. The highest BCUT2D eigenvalue weighted by atomic mass is 79.9. The number of nitro benzene ring substituents is 1. The van der Waals surface area contributed by atoms with Gasteiger partial charge in [-0.05, 0) is 12.1 Å². The van der Waals surface area contributed by atoms with Crippen molar-refractivity contribution in [1.29, 1.82) is 0 Å². The standard InChI is InChI=1S/C11H11Br2NO4/c1-17-11-7(13)5-10(11)18-9-3-2-6(12)4-8(9)14(15)16/h2-4,7,10-11H,5H2,1H3. The van der Waals surface area contributed by atoms with Crippen LogP contribution in [0.15, 0.2) is 22.7 Å². The van der Waals surface area contributed by atoms with Crippen LogP contribution in [0, 0.1) is 10.1 Å². The highest BCUT2D eigenvalue weighted by Gasteiger charge is 2.42. The first-order valence-electron chi connectivity index (χ1n) is 5.30. The molecular formula is C11H11Br2NO4. The highest BCUT2D eigenvalue weighted by molar-refractivity contribution is 9.10. The first-order valence-corrected chi connectivity index (χ1v) is 7.01. The number of benzene rings is 1. The van der Waals surface area contributed by atoms with E-state index in [9.17, 15) is 10.1 Å². The zero-order valence-corrected chi connectivity index (χ0v) is 12.7. The molecule has 1 aromatic rings. The summed E-state index contributed by atoms with van der Waals surface area (Å²) in [6.07, 6.45) is 0.540. The fourth-order valence-electron chi connectivity index (χ4n) is 1.84. The summed E-state index contributed by atoms with van der Waals surface area (Å²) in [5.74, 6) is 0.273. The lowest BCUT2D eigenvalue weighted by Gasteiger charge is -2.39. The zero-order chi connectivity index (χ0) is 13.3. The van der Waals surface area contributed by atoms with Gasteiger partial charge in [-0.2, -0.15) is 0 Å². The lowest BCUT2D eigenvalue weighted by Crippen LogP contribution is -2.51. The maximum Gasteiger partial charge on any atom is 0.312 e. The maximum atomic E-state index is 10.9. The molecule has 18 heavy (non-hydrogen) atoms. The molecule has 1 fully saturated rings.